The molecule has 0 saturated heterocycles. The second-order valence-electron chi connectivity index (χ2n) is 6.51. The number of para-hydroxylation sites is 1. The fourth-order valence-corrected chi connectivity index (χ4v) is 3.86. The number of nitrogens with zero attached hydrogens (tertiary/aromatic N) is 4. The van der Waals surface area contributed by atoms with E-state index in [9.17, 15) is 13.7 Å². The summed E-state index contributed by atoms with van der Waals surface area (Å²) in [6, 6.07) is 14.1. The van der Waals surface area contributed by atoms with Gasteiger partial charge in [0, 0.05) is 20.6 Å². The van der Waals surface area contributed by atoms with Crippen LogP contribution in [0.4, 0.5) is 0 Å². The van der Waals surface area contributed by atoms with Crippen molar-refractivity contribution in [3.8, 4) is 11.8 Å². The number of sulfonamides is 1. The molecule has 1 heterocycles. The molecule has 0 unspecified atom stereocenters. The van der Waals surface area contributed by atoms with Gasteiger partial charge in [-0.3, -0.25) is 0 Å². The maximum Gasteiger partial charge on any atom is 0.242 e. The first-order chi connectivity index (χ1) is 13.4. The Morgan fingerprint density at radius 3 is 2.64 bits per heavy atom. The Morgan fingerprint density at radius 1 is 1.21 bits per heavy atom. The lowest BCUT2D eigenvalue weighted by molar-refractivity contribution is 0.289. The van der Waals surface area contributed by atoms with Gasteiger partial charge in [-0.1, -0.05) is 19.1 Å². The van der Waals surface area contributed by atoms with Crippen LogP contribution < -0.4 is 4.74 Å². The van der Waals surface area contributed by atoms with Crippen LogP contribution in [-0.2, 0) is 23.2 Å². The van der Waals surface area contributed by atoms with Gasteiger partial charge in [-0.25, -0.2) is 17.7 Å². The molecule has 8 heteroatoms. The van der Waals surface area contributed by atoms with Crippen molar-refractivity contribution >= 4 is 21.1 Å². The van der Waals surface area contributed by atoms with Gasteiger partial charge >= 0.3 is 0 Å². The highest BCUT2D eigenvalue weighted by molar-refractivity contribution is 7.89. The second-order valence-corrected chi connectivity index (χ2v) is 8.67. The smallest absolute Gasteiger partial charge is 0.242 e. The molecule has 0 fully saturated rings. The van der Waals surface area contributed by atoms with Crippen molar-refractivity contribution in [2.75, 3.05) is 14.1 Å². The molecule has 0 saturated carbocycles. The van der Waals surface area contributed by atoms with Crippen LogP contribution in [0.5, 0.6) is 5.75 Å². The van der Waals surface area contributed by atoms with Gasteiger partial charge in [0.1, 0.15) is 24.3 Å². The lowest BCUT2D eigenvalue weighted by Gasteiger charge is -2.11. The summed E-state index contributed by atoms with van der Waals surface area (Å²) in [6.07, 6.45) is 0.894. The Kier molecular flexibility index (Phi) is 5.68. The molecule has 28 heavy (non-hydrogen) atoms. The zero-order valence-corrected chi connectivity index (χ0v) is 16.9. The van der Waals surface area contributed by atoms with E-state index >= 15 is 0 Å². The lowest BCUT2D eigenvalue weighted by Crippen LogP contribution is -2.22. The van der Waals surface area contributed by atoms with Gasteiger partial charge < -0.3 is 9.30 Å². The van der Waals surface area contributed by atoms with Crippen molar-refractivity contribution in [3.05, 3.63) is 53.9 Å². The van der Waals surface area contributed by atoms with E-state index in [1.807, 2.05) is 10.6 Å². The largest absolute Gasteiger partial charge is 0.484 e. The van der Waals surface area contributed by atoms with Gasteiger partial charge in [-0.15, -0.1) is 0 Å². The van der Waals surface area contributed by atoms with E-state index in [4.69, 9.17) is 4.74 Å². The van der Waals surface area contributed by atoms with E-state index in [1.54, 1.807) is 36.4 Å². The average molecular weight is 398 g/mol. The van der Waals surface area contributed by atoms with Gasteiger partial charge in [-0.05, 0) is 36.8 Å². The van der Waals surface area contributed by atoms with E-state index in [-0.39, 0.29) is 11.5 Å². The van der Waals surface area contributed by atoms with Crippen LogP contribution in [0.15, 0.2) is 47.4 Å². The van der Waals surface area contributed by atoms with Gasteiger partial charge in [0.05, 0.1) is 21.5 Å². The molecule has 0 radical (unpaired) electrons. The molecule has 0 N–H and O–H groups in total. The fourth-order valence-electron chi connectivity index (χ4n) is 2.94. The molecule has 7 nitrogen and oxygen atoms in total. The number of aryl methyl sites for hydroxylation is 1. The van der Waals surface area contributed by atoms with Crippen LogP contribution in [0.3, 0.4) is 0 Å². The third-order valence-electron chi connectivity index (χ3n) is 4.39. The third kappa shape index (κ3) is 3.72. The number of benzene rings is 2. The topological polar surface area (TPSA) is 88.2 Å². The quantitative estimate of drug-likeness (QED) is 0.610. The zero-order valence-electron chi connectivity index (χ0n) is 16.1. The maximum atomic E-state index is 12.4. The van der Waals surface area contributed by atoms with Crippen molar-refractivity contribution in [2.24, 2.45) is 0 Å². The molecule has 0 spiro atoms. The standard InChI is InChI=1S/C20H22N4O3S/c1-4-11-24-18-10-9-16(28(25,26)23(2)3)12-17(18)22-20(24)14-27-19-8-6-5-7-15(19)13-21/h5-10,12H,4,11,14H2,1-3H3. The first kappa shape index (κ1) is 19.9. The molecule has 0 bridgehead atoms. The minimum absolute atomic E-state index is 0.184. The first-order valence-electron chi connectivity index (χ1n) is 8.92. The Morgan fingerprint density at radius 2 is 1.96 bits per heavy atom. The van der Waals surface area contributed by atoms with Crippen LogP contribution in [0.25, 0.3) is 11.0 Å². The van der Waals surface area contributed by atoms with Crippen LogP contribution in [0, 0.1) is 11.3 Å². The summed E-state index contributed by atoms with van der Waals surface area (Å²) < 4.78 is 33.9. The van der Waals surface area contributed by atoms with E-state index in [0.29, 0.717) is 22.7 Å². The van der Waals surface area contributed by atoms with E-state index in [1.165, 1.54) is 18.4 Å². The summed E-state index contributed by atoms with van der Waals surface area (Å²) in [5, 5.41) is 9.21. The monoisotopic (exact) mass is 398 g/mol. The summed E-state index contributed by atoms with van der Waals surface area (Å²) in [4.78, 5) is 4.81. The molecule has 0 aliphatic heterocycles. The average Bonchev–Trinajstić information content (AvgIpc) is 3.03. The molecule has 3 rings (SSSR count). The van der Waals surface area contributed by atoms with E-state index in [2.05, 4.69) is 18.0 Å². The minimum atomic E-state index is -3.53. The lowest BCUT2D eigenvalue weighted by atomic mass is 10.2. The van der Waals surface area contributed by atoms with Crippen molar-refractivity contribution in [3.63, 3.8) is 0 Å². The summed E-state index contributed by atoms with van der Waals surface area (Å²) in [7, 11) is -0.530. The number of hydrogen-bond donors (Lipinski definition) is 0. The van der Waals surface area contributed by atoms with E-state index < -0.39 is 10.0 Å². The predicted molar refractivity (Wildman–Crippen MR) is 106 cm³/mol. The highest BCUT2D eigenvalue weighted by Crippen LogP contribution is 2.24. The second kappa shape index (κ2) is 8.00. The molecule has 0 amide bonds. The molecular weight excluding hydrogens is 376 g/mol. The van der Waals surface area contributed by atoms with Crippen molar-refractivity contribution in [1.82, 2.24) is 13.9 Å². The van der Waals surface area contributed by atoms with Crippen molar-refractivity contribution in [1.29, 1.82) is 5.26 Å². The molecule has 2 aromatic carbocycles. The Balaban J connectivity index is 2.00. The van der Waals surface area contributed by atoms with Gasteiger partial charge in [0.25, 0.3) is 0 Å². The van der Waals surface area contributed by atoms with Gasteiger partial charge in [0.2, 0.25) is 10.0 Å². The molecule has 0 atom stereocenters. The highest BCUT2D eigenvalue weighted by atomic mass is 32.2. The SMILES string of the molecule is CCCn1c(COc2ccccc2C#N)nc2cc(S(=O)(=O)N(C)C)ccc21. The number of nitriles is 1. The molecular formula is C20H22N4O3S. The summed E-state index contributed by atoms with van der Waals surface area (Å²) in [5.74, 6) is 1.18. The third-order valence-corrected chi connectivity index (χ3v) is 6.20. The van der Waals surface area contributed by atoms with Crippen LogP contribution in [0.2, 0.25) is 0 Å². The number of aromatic nitrogens is 2. The number of rotatable bonds is 7. The number of ether oxygens (including phenoxy) is 1. The molecule has 1 aromatic heterocycles. The highest BCUT2D eigenvalue weighted by Gasteiger charge is 2.20. The Hall–Kier alpha value is -2.89. The minimum Gasteiger partial charge on any atom is -0.484 e. The summed E-state index contributed by atoms with van der Waals surface area (Å²) >= 11 is 0. The Bertz CT molecular complexity index is 1140. The van der Waals surface area contributed by atoms with Crippen LogP contribution in [0.1, 0.15) is 24.7 Å². The predicted octanol–water partition coefficient (Wildman–Crippen LogP) is 3.15. The first-order valence-corrected chi connectivity index (χ1v) is 10.4. The molecule has 0 aliphatic carbocycles. The van der Waals surface area contributed by atoms with Crippen molar-refractivity contribution in [2.45, 2.75) is 31.4 Å². The van der Waals surface area contributed by atoms with Crippen LogP contribution in [-0.4, -0.2) is 36.4 Å². The maximum absolute atomic E-state index is 12.4. The van der Waals surface area contributed by atoms with Crippen molar-refractivity contribution < 1.29 is 13.2 Å². The molecule has 0 aliphatic rings. The molecule has 3 aromatic rings. The zero-order chi connectivity index (χ0) is 20.3. The Labute approximate surface area is 164 Å². The van der Waals surface area contributed by atoms with E-state index in [0.717, 1.165) is 18.5 Å². The number of imidazole rings is 1. The normalized spacial score (nSPS) is 11.7. The molecule has 146 valence electrons. The summed E-state index contributed by atoms with van der Waals surface area (Å²) in [5.41, 5.74) is 1.91. The van der Waals surface area contributed by atoms with Crippen LogP contribution >= 0.6 is 0 Å². The van der Waals surface area contributed by atoms with Gasteiger partial charge in [-0.2, -0.15) is 5.26 Å². The number of hydrogen-bond acceptors (Lipinski definition) is 5. The van der Waals surface area contributed by atoms with Gasteiger partial charge in [0.15, 0.2) is 0 Å². The summed E-state index contributed by atoms with van der Waals surface area (Å²) in [6.45, 7) is 2.98. The fraction of sp³-hybridized carbons (Fsp3) is 0.300. The number of fused-ring (bicyclic) bond motifs is 1.